The maximum Gasteiger partial charge on any atom is 0.521 e. The quantitative estimate of drug-likeness (QED) is 0.279. The summed E-state index contributed by atoms with van der Waals surface area (Å²) in [6.45, 7) is 2.74. The van der Waals surface area contributed by atoms with E-state index in [1.54, 1.807) is 0 Å². The zero-order valence-corrected chi connectivity index (χ0v) is 14.5. The standard InChI is InChI=1S/C18H30O2Si/c1-2-19-21-20-18(15-17-11-7-4-8-12-17)14-13-16-9-5-3-6-10-16/h13-17H,2-12H2,1H3. The van der Waals surface area contributed by atoms with Crippen LogP contribution >= 0.6 is 0 Å². The zero-order valence-electron chi connectivity index (χ0n) is 13.5. The highest BCUT2D eigenvalue weighted by atomic mass is 28.3. The summed E-state index contributed by atoms with van der Waals surface area (Å²) in [5.41, 5.74) is 0. The van der Waals surface area contributed by atoms with Crippen LogP contribution in [0.3, 0.4) is 0 Å². The summed E-state index contributed by atoms with van der Waals surface area (Å²) in [5, 5.41) is 0. The fourth-order valence-electron chi connectivity index (χ4n) is 3.35. The summed E-state index contributed by atoms with van der Waals surface area (Å²) >= 11 is 0. The second-order valence-corrected chi connectivity index (χ2v) is 7.00. The van der Waals surface area contributed by atoms with Crippen molar-refractivity contribution in [2.45, 2.75) is 71.1 Å². The normalized spacial score (nSPS) is 22.8. The Balaban J connectivity index is 1.89. The molecule has 0 aromatic heterocycles. The molecule has 2 radical (unpaired) electrons. The van der Waals surface area contributed by atoms with Gasteiger partial charge in [0.2, 0.25) is 0 Å². The van der Waals surface area contributed by atoms with Gasteiger partial charge in [-0.1, -0.05) is 44.6 Å². The smallest absolute Gasteiger partial charge is 0.518 e. The molecule has 0 aromatic rings. The lowest BCUT2D eigenvalue weighted by Gasteiger charge is -2.20. The minimum absolute atomic E-state index is 0.133. The van der Waals surface area contributed by atoms with E-state index in [9.17, 15) is 0 Å². The van der Waals surface area contributed by atoms with E-state index in [1.807, 2.05) is 6.92 Å². The third-order valence-corrected chi connectivity index (χ3v) is 5.32. The molecule has 0 spiro atoms. The van der Waals surface area contributed by atoms with Crippen molar-refractivity contribution >= 4 is 10.0 Å². The molecule has 2 aliphatic carbocycles. The third-order valence-electron chi connectivity index (χ3n) is 4.60. The van der Waals surface area contributed by atoms with Gasteiger partial charge in [0.1, 0.15) is 5.76 Å². The molecule has 2 rings (SSSR count). The second-order valence-electron chi connectivity index (χ2n) is 6.34. The van der Waals surface area contributed by atoms with Crippen LogP contribution in [-0.4, -0.2) is 16.6 Å². The van der Waals surface area contributed by atoms with E-state index in [0.29, 0.717) is 5.92 Å². The molecular weight excluding hydrogens is 276 g/mol. The van der Waals surface area contributed by atoms with Crippen LogP contribution in [0, 0.1) is 11.8 Å². The van der Waals surface area contributed by atoms with Crippen molar-refractivity contribution in [3.63, 3.8) is 0 Å². The number of rotatable bonds is 7. The van der Waals surface area contributed by atoms with Crippen LogP contribution in [0.1, 0.15) is 71.1 Å². The van der Waals surface area contributed by atoms with Gasteiger partial charge in [-0.3, -0.25) is 0 Å². The van der Waals surface area contributed by atoms with Crippen molar-refractivity contribution in [1.29, 1.82) is 0 Å². The molecule has 21 heavy (non-hydrogen) atoms. The van der Waals surface area contributed by atoms with Crippen LogP contribution in [0.4, 0.5) is 0 Å². The number of allylic oxidation sites excluding steroid dienone is 3. The molecule has 0 aromatic carbocycles. The predicted molar refractivity (Wildman–Crippen MR) is 88.8 cm³/mol. The monoisotopic (exact) mass is 306 g/mol. The first-order valence-corrected chi connectivity index (χ1v) is 9.63. The maximum absolute atomic E-state index is 5.86. The SMILES string of the molecule is CCO[Si]OC(C=CC1CCCCC1)=CC1CCCCC1. The van der Waals surface area contributed by atoms with Gasteiger partial charge in [0.05, 0.1) is 0 Å². The van der Waals surface area contributed by atoms with Crippen LogP contribution in [0.2, 0.25) is 0 Å². The zero-order chi connectivity index (χ0) is 14.8. The topological polar surface area (TPSA) is 18.5 Å². The first-order valence-electron chi connectivity index (χ1n) is 8.82. The van der Waals surface area contributed by atoms with Gasteiger partial charge >= 0.3 is 10.0 Å². The molecule has 0 N–H and O–H groups in total. The lowest BCUT2D eigenvalue weighted by molar-refractivity contribution is 0.277. The Morgan fingerprint density at radius 2 is 1.57 bits per heavy atom. The second kappa shape index (κ2) is 10.2. The summed E-state index contributed by atoms with van der Waals surface area (Å²) in [7, 11) is 0.133. The summed E-state index contributed by atoms with van der Waals surface area (Å²) < 4.78 is 11.2. The first-order chi connectivity index (χ1) is 10.4. The average Bonchev–Trinajstić information content (AvgIpc) is 2.54. The lowest BCUT2D eigenvalue weighted by atomic mass is 9.88. The van der Waals surface area contributed by atoms with E-state index in [4.69, 9.17) is 8.85 Å². The summed E-state index contributed by atoms with van der Waals surface area (Å²) in [6, 6.07) is 0. The molecule has 0 aliphatic heterocycles. The van der Waals surface area contributed by atoms with Crippen molar-refractivity contribution in [2.75, 3.05) is 6.61 Å². The Kier molecular flexibility index (Phi) is 8.19. The van der Waals surface area contributed by atoms with Gasteiger partial charge in [0.25, 0.3) is 0 Å². The van der Waals surface area contributed by atoms with E-state index in [1.165, 1.54) is 64.2 Å². The molecule has 2 fully saturated rings. The van der Waals surface area contributed by atoms with Crippen LogP contribution in [0.25, 0.3) is 0 Å². The summed E-state index contributed by atoms with van der Waals surface area (Å²) in [6.07, 6.45) is 20.6. The molecule has 2 aliphatic rings. The minimum Gasteiger partial charge on any atom is -0.518 e. The van der Waals surface area contributed by atoms with E-state index < -0.39 is 0 Å². The van der Waals surface area contributed by atoms with Crippen LogP contribution < -0.4 is 0 Å². The van der Waals surface area contributed by atoms with Gasteiger partial charge in [-0.2, -0.15) is 0 Å². The van der Waals surface area contributed by atoms with Crippen LogP contribution in [0.5, 0.6) is 0 Å². The maximum atomic E-state index is 5.86. The van der Waals surface area contributed by atoms with Crippen molar-refractivity contribution in [1.82, 2.24) is 0 Å². The fraction of sp³-hybridized carbons (Fsp3) is 0.778. The van der Waals surface area contributed by atoms with E-state index >= 15 is 0 Å². The highest BCUT2D eigenvalue weighted by molar-refractivity contribution is 6.18. The van der Waals surface area contributed by atoms with Gasteiger partial charge in [0, 0.05) is 6.61 Å². The van der Waals surface area contributed by atoms with E-state index in [-0.39, 0.29) is 10.0 Å². The van der Waals surface area contributed by atoms with Gasteiger partial charge < -0.3 is 8.85 Å². The highest BCUT2D eigenvalue weighted by Crippen LogP contribution is 2.27. The molecule has 0 saturated heterocycles. The Morgan fingerprint density at radius 3 is 2.19 bits per heavy atom. The van der Waals surface area contributed by atoms with Crippen LogP contribution in [0.15, 0.2) is 24.0 Å². The molecule has 2 saturated carbocycles. The highest BCUT2D eigenvalue weighted by Gasteiger charge is 2.13. The molecule has 0 heterocycles. The number of hydrogen-bond donors (Lipinski definition) is 0. The average molecular weight is 307 g/mol. The van der Waals surface area contributed by atoms with Gasteiger partial charge in [-0.25, -0.2) is 0 Å². The number of hydrogen-bond acceptors (Lipinski definition) is 2. The molecule has 2 nitrogen and oxygen atoms in total. The van der Waals surface area contributed by atoms with Gasteiger partial charge in [0.15, 0.2) is 0 Å². The fourth-order valence-corrected chi connectivity index (χ4v) is 3.76. The van der Waals surface area contributed by atoms with Crippen molar-refractivity contribution in [3.05, 3.63) is 24.0 Å². The molecular formula is C18H30O2Si. The molecule has 0 atom stereocenters. The van der Waals surface area contributed by atoms with Crippen molar-refractivity contribution in [3.8, 4) is 0 Å². The van der Waals surface area contributed by atoms with E-state index in [0.717, 1.165) is 18.3 Å². The Morgan fingerprint density at radius 1 is 0.952 bits per heavy atom. The molecule has 0 bridgehead atoms. The molecule has 0 amide bonds. The summed E-state index contributed by atoms with van der Waals surface area (Å²) in [5.74, 6) is 2.50. The van der Waals surface area contributed by atoms with Crippen molar-refractivity contribution in [2.24, 2.45) is 11.8 Å². The van der Waals surface area contributed by atoms with Crippen molar-refractivity contribution < 1.29 is 8.85 Å². The van der Waals surface area contributed by atoms with E-state index in [2.05, 4.69) is 18.2 Å². The van der Waals surface area contributed by atoms with Gasteiger partial charge in [-0.05, 0) is 56.6 Å². The molecule has 118 valence electrons. The van der Waals surface area contributed by atoms with Gasteiger partial charge in [-0.15, -0.1) is 0 Å². The molecule has 3 heteroatoms. The first kappa shape index (κ1) is 16.8. The summed E-state index contributed by atoms with van der Waals surface area (Å²) in [4.78, 5) is 0. The Hall–Kier alpha value is -0.543. The molecule has 0 unspecified atom stereocenters. The largest absolute Gasteiger partial charge is 0.521 e. The Bertz CT molecular complexity index is 326. The van der Waals surface area contributed by atoms with Crippen LogP contribution in [-0.2, 0) is 8.85 Å². The third kappa shape index (κ3) is 6.83. The lowest BCUT2D eigenvalue weighted by Crippen LogP contribution is -2.08. The minimum atomic E-state index is 0.133. The predicted octanol–water partition coefficient (Wildman–Crippen LogP) is 5.17. The Labute approximate surface area is 133 Å².